The Morgan fingerprint density at radius 1 is 1.71 bits per heavy atom. The highest BCUT2D eigenvalue weighted by atomic mass is 16.3. The van der Waals surface area contributed by atoms with Crippen molar-refractivity contribution in [3.05, 3.63) is 0 Å². The van der Waals surface area contributed by atoms with Crippen molar-refractivity contribution in [2.75, 3.05) is 6.61 Å². The molecule has 2 atom stereocenters. The van der Waals surface area contributed by atoms with Crippen LogP contribution in [0.3, 0.4) is 0 Å². The van der Waals surface area contributed by atoms with Crippen LogP contribution in [0.4, 0.5) is 0 Å². The molecule has 3 nitrogen and oxygen atoms in total. The quantitative estimate of drug-likeness (QED) is 0.385. The van der Waals surface area contributed by atoms with Crippen LogP contribution in [0.5, 0.6) is 0 Å². The lowest BCUT2D eigenvalue weighted by molar-refractivity contribution is 0.0123. The van der Waals surface area contributed by atoms with Gasteiger partial charge in [-0.05, 0) is 0 Å². The minimum atomic E-state index is -0.364. The van der Waals surface area contributed by atoms with Gasteiger partial charge in [0.2, 0.25) is 0 Å². The summed E-state index contributed by atoms with van der Waals surface area (Å²) in [6.07, 6.45) is 0.327. The summed E-state index contributed by atoms with van der Waals surface area (Å²) in [5.41, 5.74) is 0. The van der Waals surface area contributed by atoms with E-state index in [1.807, 2.05) is 0 Å². The number of hydrogen-bond acceptors (Lipinski definition) is 3. The zero-order valence-corrected chi connectivity index (χ0v) is 3.96. The van der Waals surface area contributed by atoms with Crippen molar-refractivity contribution < 1.29 is 10.2 Å². The third-order valence-corrected chi connectivity index (χ3v) is 1.16. The van der Waals surface area contributed by atoms with Crippen LogP contribution in [-0.2, 0) is 0 Å². The largest absolute Gasteiger partial charge is 0.395 e. The lowest BCUT2D eigenvalue weighted by atomic mass is 10.1. The first-order chi connectivity index (χ1) is 3.33. The lowest BCUT2D eigenvalue weighted by Gasteiger charge is -2.31. The van der Waals surface area contributed by atoms with Crippen molar-refractivity contribution in [1.29, 1.82) is 0 Å². The molecule has 1 aliphatic heterocycles. The molecule has 0 unspecified atom stereocenters. The maximum absolute atomic E-state index is 8.53. The van der Waals surface area contributed by atoms with E-state index in [9.17, 15) is 0 Å². The summed E-state index contributed by atoms with van der Waals surface area (Å²) in [6, 6.07) is 0.148. The second-order valence-electron chi connectivity index (χ2n) is 1.80. The van der Waals surface area contributed by atoms with Gasteiger partial charge in [-0.2, -0.15) is 0 Å². The standard InChI is InChI=1S/C4H9NO2/c6-2-3-1-4(7)5-3/h3-7H,1-2H2/t3-,4-/m0/s1. The summed E-state index contributed by atoms with van der Waals surface area (Å²) >= 11 is 0. The predicted molar refractivity (Wildman–Crippen MR) is 24.6 cm³/mol. The minimum Gasteiger partial charge on any atom is -0.395 e. The summed E-state index contributed by atoms with van der Waals surface area (Å²) in [5, 5.41) is 19.6. The molecule has 0 bridgehead atoms. The summed E-state index contributed by atoms with van der Waals surface area (Å²) < 4.78 is 0. The van der Waals surface area contributed by atoms with Crippen molar-refractivity contribution in [2.24, 2.45) is 0 Å². The van der Waals surface area contributed by atoms with E-state index >= 15 is 0 Å². The molecule has 0 saturated carbocycles. The Hall–Kier alpha value is -0.120. The van der Waals surface area contributed by atoms with E-state index in [4.69, 9.17) is 10.2 Å². The molecular formula is C4H9NO2. The summed E-state index contributed by atoms with van der Waals surface area (Å²) in [5.74, 6) is 0. The Morgan fingerprint density at radius 3 is 2.43 bits per heavy atom. The van der Waals surface area contributed by atoms with Crippen molar-refractivity contribution in [3.8, 4) is 0 Å². The molecule has 7 heavy (non-hydrogen) atoms. The third kappa shape index (κ3) is 0.907. The van der Waals surface area contributed by atoms with E-state index < -0.39 is 0 Å². The Morgan fingerprint density at radius 2 is 2.29 bits per heavy atom. The Labute approximate surface area is 42.0 Å². The first kappa shape index (κ1) is 5.03. The minimum absolute atomic E-state index is 0.136. The van der Waals surface area contributed by atoms with Crippen LogP contribution in [0, 0.1) is 0 Å². The van der Waals surface area contributed by atoms with Gasteiger partial charge in [0.1, 0.15) is 6.23 Å². The fourth-order valence-corrected chi connectivity index (χ4v) is 0.644. The molecule has 3 N–H and O–H groups in total. The maximum Gasteiger partial charge on any atom is 0.106 e. The molecule has 3 heteroatoms. The van der Waals surface area contributed by atoms with E-state index in [0.717, 1.165) is 0 Å². The monoisotopic (exact) mass is 103 g/mol. The van der Waals surface area contributed by atoms with E-state index in [2.05, 4.69) is 5.32 Å². The Balaban J connectivity index is 2.06. The molecule has 0 aromatic heterocycles. The molecular weight excluding hydrogens is 94.0 g/mol. The van der Waals surface area contributed by atoms with Crippen molar-refractivity contribution >= 4 is 0 Å². The number of nitrogens with one attached hydrogen (secondary N) is 1. The highest BCUT2D eigenvalue weighted by Crippen LogP contribution is 2.06. The fraction of sp³-hybridized carbons (Fsp3) is 1.00. The molecule has 0 aromatic carbocycles. The number of rotatable bonds is 1. The van der Waals surface area contributed by atoms with Crippen LogP contribution in [0.15, 0.2) is 0 Å². The van der Waals surface area contributed by atoms with Gasteiger partial charge in [0, 0.05) is 12.5 Å². The predicted octanol–water partition coefficient (Wildman–Crippen LogP) is -1.34. The molecule has 1 saturated heterocycles. The molecule has 0 amide bonds. The van der Waals surface area contributed by atoms with Gasteiger partial charge < -0.3 is 10.2 Å². The average molecular weight is 103 g/mol. The first-order valence-corrected chi connectivity index (χ1v) is 2.38. The SMILES string of the molecule is OC[C@@H]1C[C@H](O)N1. The molecule has 1 heterocycles. The fourth-order valence-electron chi connectivity index (χ4n) is 0.644. The Bertz CT molecular complexity index is 60.7. The van der Waals surface area contributed by atoms with Crippen molar-refractivity contribution in [2.45, 2.75) is 18.7 Å². The van der Waals surface area contributed by atoms with E-state index in [-0.39, 0.29) is 18.9 Å². The molecule has 42 valence electrons. The maximum atomic E-state index is 8.53. The topological polar surface area (TPSA) is 52.5 Å². The number of aliphatic hydroxyl groups excluding tert-OH is 2. The van der Waals surface area contributed by atoms with Gasteiger partial charge in [0.15, 0.2) is 0 Å². The number of aliphatic hydroxyl groups is 2. The van der Waals surface area contributed by atoms with E-state index in [1.165, 1.54) is 0 Å². The highest BCUT2D eigenvalue weighted by molar-refractivity contribution is 4.79. The zero-order chi connectivity index (χ0) is 5.28. The smallest absolute Gasteiger partial charge is 0.106 e. The number of hydrogen-bond donors (Lipinski definition) is 3. The molecule has 1 rings (SSSR count). The van der Waals surface area contributed by atoms with Crippen molar-refractivity contribution in [3.63, 3.8) is 0 Å². The van der Waals surface area contributed by atoms with Crippen LogP contribution in [-0.4, -0.2) is 29.1 Å². The van der Waals surface area contributed by atoms with Gasteiger partial charge in [0.05, 0.1) is 6.61 Å². The second-order valence-corrected chi connectivity index (χ2v) is 1.80. The second kappa shape index (κ2) is 1.78. The van der Waals surface area contributed by atoms with Gasteiger partial charge in [-0.3, -0.25) is 5.32 Å². The van der Waals surface area contributed by atoms with E-state index in [1.54, 1.807) is 0 Å². The summed E-state index contributed by atoms with van der Waals surface area (Å²) in [4.78, 5) is 0. The van der Waals surface area contributed by atoms with Gasteiger partial charge >= 0.3 is 0 Å². The summed E-state index contributed by atoms with van der Waals surface area (Å²) in [7, 11) is 0. The third-order valence-electron chi connectivity index (χ3n) is 1.16. The van der Waals surface area contributed by atoms with E-state index in [0.29, 0.717) is 6.42 Å². The highest BCUT2D eigenvalue weighted by Gasteiger charge is 2.24. The molecule has 0 aromatic rings. The molecule has 1 aliphatic rings. The average Bonchev–Trinajstić information content (AvgIpc) is 1.58. The van der Waals surface area contributed by atoms with Gasteiger partial charge in [-0.1, -0.05) is 0 Å². The van der Waals surface area contributed by atoms with Crippen LogP contribution in [0.2, 0.25) is 0 Å². The lowest BCUT2D eigenvalue weighted by Crippen LogP contribution is -2.53. The van der Waals surface area contributed by atoms with Crippen LogP contribution in [0.25, 0.3) is 0 Å². The molecule has 1 fully saturated rings. The van der Waals surface area contributed by atoms with Gasteiger partial charge in [-0.15, -0.1) is 0 Å². The Kier molecular flexibility index (Phi) is 1.27. The van der Waals surface area contributed by atoms with Crippen LogP contribution in [0.1, 0.15) is 6.42 Å². The summed E-state index contributed by atoms with van der Waals surface area (Å²) in [6.45, 7) is 0.136. The van der Waals surface area contributed by atoms with Crippen LogP contribution >= 0.6 is 0 Å². The molecule has 0 radical (unpaired) electrons. The first-order valence-electron chi connectivity index (χ1n) is 2.38. The van der Waals surface area contributed by atoms with Gasteiger partial charge in [0.25, 0.3) is 0 Å². The molecule has 0 aliphatic carbocycles. The zero-order valence-electron chi connectivity index (χ0n) is 3.96. The molecule has 0 spiro atoms. The van der Waals surface area contributed by atoms with Gasteiger partial charge in [-0.25, -0.2) is 0 Å². The van der Waals surface area contributed by atoms with Crippen LogP contribution < -0.4 is 5.32 Å². The normalized spacial score (nSPS) is 40.3. The van der Waals surface area contributed by atoms with Crippen molar-refractivity contribution in [1.82, 2.24) is 5.32 Å².